The minimum Gasteiger partial charge on any atom is -0.508 e. The molecular formula is C13H10BrClFNO. The maximum absolute atomic E-state index is 13.1. The average molecular weight is 331 g/mol. The maximum Gasteiger partial charge on any atom is 0.125 e. The summed E-state index contributed by atoms with van der Waals surface area (Å²) < 4.78 is 13.8. The van der Waals surface area contributed by atoms with E-state index in [1.165, 1.54) is 18.2 Å². The van der Waals surface area contributed by atoms with Gasteiger partial charge in [0.15, 0.2) is 0 Å². The van der Waals surface area contributed by atoms with Crippen molar-refractivity contribution < 1.29 is 9.50 Å². The summed E-state index contributed by atoms with van der Waals surface area (Å²) in [7, 11) is 0. The van der Waals surface area contributed by atoms with Crippen LogP contribution in [0.3, 0.4) is 0 Å². The van der Waals surface area contributed by atoms with Crippen molar-refractivity contribution >= 4 is 33.2 Å². The number of hydrogen-bond donors (Lipinski definition) is 2. The summed E-state index contributed by atoms with van der Waals surface area (Å²) in [5.74, 6) is -0.171. The van der Waals surface area contributed by atoms with E-state index in [4.69, 9.17) is 11.6 Å². The molecule has 0 aliphatic carbocycles. The van der Waals surface area contributed by atoms with Gasteiger partial charge in [-0.2, -0.15) is 0 Å². The maximum atomic E-state index is 13.1. The first-order chi connectivity index (χ1) is 8.56. The molecule has 0 bridgehead atoms. The second-order valence-electron chi connectivity index (χ2n) is 3.75. The van der Waals surface area contributed by atoms with E-state index in [1.54, 1.807) is 18.2 Å². The lowest BCUT2D eigenvalue weighted by atomic mass is 10.2. The second kappa shape index (κ2) is 5.59. The van der Waals surface area contributed by atoms with Gasteiger partial charge in [-0.3, -0.25) is 0 Å². The normalized spacial score (nSPS) is 10.4. The summed E-state index contributed by atoms with van der Waals surface area (Å²) in [6, 6.07) is 9.17. The molecular weight excluding hydrogens is 321 g/mol. The molecule has 0 radical (unpaired) electrons. The molecule has 0 aromatic heterocycles. The smallest absolute Gasteiger partial charge is 0.125 e. The summed E-state index contributed by atoms with van der Waals surface area (Å²) in [6.07, 6.45) is 0. The molecule has 5 heteroatoms. The van der Waals surface area contributed by atoms with Crippen molar-refractivity contribution in [3.8, 4) is 5.75 Å². The van der Waals surface area contributed by atoms with Gasteiger partial charge in [0.1, 0.15) is 11.6 Å². The minimum atomic E-state index is -0.323. The number of phenols is 1. The molecule has 0 heterocycles. The van der Waals surface area contributed by atoms with Gasteiger partial charge in [-0.1, -0.05) is 11.6 Å². The molecule has 94 valence electrons. The van der Waals surface area contributed by atoms with Gasteiger partial charge in [-0.25, -0.2) is 4.39 Å². The minimum absolute atomic E-state index is 0.152. The summed E-state index contributed by atoms with van der Waals surface area (Å²) in [5.41, 5.74) is 1.27. The number of nitrogens with one attached hydrogen (secondary N) is 1. The van der Waals surface area contributed by atoms with Crippen LogP contribution in [0.2, 0.25) is 5.02 Å². The Bertz CT molecular complexity index is 525. The first-order valence-corrected chi connectivity index (χ1v) is 6.39. The Morgan fingerprint density at radius 3 is 2.78 bits per heavy atom. The van der Waals surface area contributed by atoms with E-state index in [0.29, 0.717) is 22.8 Å². The van der Waals surface area contributed by atoms with Crippen LogP contribution in [-0.4, -0.2) is 5.11 Å². The van der Waals surface area contributed by atoms with Crippen LogP contribution >= 0.6 is 27.5 Å². The van der Waals surface area contributed by atoms with Crippen molar-refractivity contribution in [2.24, 2.45) is 0 Å². The standard InChI is InChI=1S/C13H10BrClFNO/c14-11-3-2-10(16)6-12(11)17-7-8-5-9(15)1-4-13(8)18/h1-6,17-18H,7H2. The number of hydrogen-bond acceptors (Lipinski definition) is 2. The molecule has 0 aliphatic heterocycles. The molecule has 2 nitrogen and oxygen atoms in total. The lowest BCUT2D eigenvalue weighted by Gasteiger charge is -2.10. The first kappa shape index (κ1) is 13.2. The fraction of sp³-hybridized carbons (Fsp3) is 0.0769. The zero-order valence-electron chi connectivity index (χ0n) is 9.25. The monoisotopic (exact) mass is 329 g/mol. The zero-order chi connectivity index (χ0) is 13.1. The number of halogens is 3. The molecule has 18 heavy (non-hydrogen) atoms. The van der Waals surface area contributed by atoms with Gasteiger partial charge in [0.25, 0.3) is 0 Å². The van der Waals surface area contributed by atoms with E-state index in [-0.39, 0.29) is 11.6 Å². The van der Waals surface area contributed by atoms with Crippen molar-refractivity contribution in [2.75, 3.05) is 5.32 Å². The van der Waals surface area contributed by atoms with E-state index in [1.807, 2.05) is 0 Å². The molecule has 0 amide bonds. The van der Waals surface area contributed by atoms with E-state index in [0.717, 1.165) is 4.47 Å². The van der Waals surface area contributed by atoms with Crippen LogP contribution in [0.25, 0.3) is 0 Å². The Morgan fingerprint density at radius 2 is 2.00 bits per heavy atom. The van der Waals surface area contributed by atoms with Crippen LogP contribution in [0.1, 0.15) is 5.56 Å². The van der Waals surface area contributed by atoms with Crippen LogP contribution < -0.4 is 5.32 Å². The van der Waals surface area contributed by atoms with Crippen molar-refractivity contribution in [3.05, 3.63) is 57.3 Å². The predicted octanol–water partition coefficient (Wildman–Crippen LogP) is 4.56. The van der Waals surface area contributed by atoms with Crippen molar-refractivity contribution in [1.82, 2.24) is 0 Å². The van der Waals surface area contributed by atoms with Gasteiger partial charge in [0.05, 0.1) is 5.69 Å². The molecule has 0 fully saturated rings. The second-order valence-corrected chi connectivity index (χ2v) is 5.04. The van der Waals surface area contributed by atoms with Crippen molar-refractivity contribution in [3.63, 3.8) is 0 Å². The largest absolute Gasteiger partial charge is 0.508 e. The van der Waals surface area contributed by atoms with Crippen LogP contribution in [0.4, 0.5) is 10.1 Å². The van der Waals surface area contributed by atoms with Gasteiger partial charge in [-0.15, -0.1) is 0 Å². The fourth-order valence-corrected chi connectivity index (χ4v) is 2.10. The third-order valence-electron chi connectivity index (χ3n) is 2.44. The van der Waals surface area contributed by atoms with Gasteiger partial charge in [0.2, 0.25) is 0 Å². The Balaban J connectivity index is 2.16. The Labute approximate surface area is 118 Å². The molecule has 2 N–H and O–H groups in total. The number of benzene rings is 2. The molecule has 0 unspecified atom stereocenters. The quantitative estimate of drug-likeness (QED) is 0.864. The first-order valence-electron chi connectivity index (χ1n) is 5.22. The molecule has 2 aromatic rings. The van der Waals surface area contributed by atoms with Gasteiger partial charge >= 0.3 is 0 Å². The summed E-state index contributed by atoms with van der Waals surface area (Å²) in [6.45, 7) is 0.356. The average Bonchev–Trinajstić information content (AvgIpc) is 2.34. The Hall–Kier alpha value is -1.26. The number of rotatable bonds is 3. The topological polar surface area (TPSA) is 32.3 Å². The van der Waals surface area contributed by atoms with Crippen LogP contribution in [-0.2, 0) is 6.54 Å². The molecule has 2 rings (SSSR count). The highest BCUT2D eigenvalue weighted by molar-refractivity contribution is 9.10. The summed E-state index contributed by atoms with van der Waals surface area (Å²) in [5, 5.41) is 13.2. The number of anilines is 1. The molecule has 2 aromatic carbocycles. The van der Waals surface area contributed by atoms with E-state index < -0.39 is 0 Å². The predicted molar refractivity (Wildman–Crippen MR) is 74.5 cm³/mol. The Kier molecular flexibility index (Phi) is 4.09. The molecule has 0 atom stereocenters. The van der Waals surface area contributed by atoms with E-state index in [2.05, 4.69) is 21.2 Å². The molecule has 0 saturated carbocycles. The highest BCUT2D eigenvalue weighted by atomic mass is 79.9. The van der Waals surface area contributed by atoms with E-state index >= 15 is 0 Å². The fourth-order valence-electron chi connectivity index (χ4n) is 1.52. The van der Waals surface area contributed by atoms with Crippen LogP contribution in [0.15, 0.2) is 40.9 Å². The number of phenolic OH excluding ortho intramolecular Hbond substituents is 1. The third kappa shape index (κ3) is 3.15. The van der Waals surface area contributed by atoms with Crippen molar-refractivity contribution in [2.45, 2.75) is 6.54 Å². The lowest BCUT2D eigenvalue weighted by Crippen LogP contribution is -2.00. The molecule has 0 aliphatic rings. The van der Waals surface area contributed by atoms with Gasteiger partial charge < -0.3 is 10.4 Å². The Morgan fingerprint density at radius 1 is 1.22 bits per heavy atom. The summed E-state index contributed by atoms with van der Waals surface area (Å²) in [4.78, 5) is 0. The van der Waals surface area contributed by atoms with E-state index in [9.17, 15) is 9.50 Å². The van der Waals surface area contributed by atoms with Crippen molar-refractivity contribution in [1.29, 1.82) is 0 Å². The highest BCUT2D eigenvalue weighted by Gasteiger charge is 2.05. The highest BCUT2D eigenvalue weighted by Crippen LogP contribution is 2.26. The van der Waals surface area contributed by atoms with Crippen LogP contribution in [0.5, 0.6) is 5.75 Å². The molecule has 0 spiro atoms. The van der Waals surface area contributed by atoms with Gasteiger partial charge in [-0.05, 0) is 52.3 Å². The zero-order valence-corrected chi connectivity index (χ0v) is 11.6. The SMILES string of the molecule is Oc1ccc(Cl)cc1CNc1cc(F)ccc1Br. The molecule has 0 saturated heterocycles. The van der Waals surface area contributed by atoms with Gasteiger partial charge in [0, 0.05) is 21.6 Å². The van der Waals surface area contributed by atoms with Crippen LogP contribution in [0, 0.1) is 5.82 Å². The summed E-state index contributed by atoms with van der Waals surface area (Å²) >= 11 is 9.17. The third-order valence-corrected chi connectivity index (χ3v) is 3.37. The number of aromatic hydroxyl groups is 1. The lowest BCUT2D eigenvalue weighted by molar-refractivity contribution is 0.469.